The molecule has 6 heteroatoms. The largest absolute Gasteiger partial charge is 0.421 e. The normalized spacial score (nSPS) is 10.7. The van der Waals surface area contributed by atoms with Crippen LogP contribution in [0.15, 0.2) is 57.7 Å². The predicted octanol–water partition coefficient (Wildman–Crippen LogP) is 4.03. The minimum absolute atomic E-state index is 0.0614. The van der Waals surface area contributed by atoms with E-state index in [9.17, 15) is 9.59 Å². The van der Waals surface area contributed by atoms with E-state index in [-0.39, 0.29) is 17.7 Å². The number of fused-ring (bicyclic) bond motifs is 1. The van der Waals surface area contributed by atoms with E-state index in [4.69, 9.17) is 27.6 Å². The lowest BCUT2D eigenvalue weighted by atomic mass is 10.1. The molecule has 0 saturated carbocycles. The van der Waals surface area contributed by atoms with Gasteiger partial charge in [-0.15, -0.1) is 0 Å². The van der Waals surface area contributed by atoms with E-state index >= 15 is 0 Å². The van der Waals surface area contributed by atoms with Crippen LogP contribution in [0.2, 0.25) is 10.0 Å². The van der Waals surface area contributed by atoms with Gasteiger partial charge in [0, 0.05) is 17.0 Å². The van der Waals surface area contributed by atoms with Crippen molar-refractivity contribution >= 4 is 40.1 Å². The van der Waals surface area contributed by atoms with Gasteiger partial charge < -0.3 is 9.73 Å². The molecule has 3 rings (SSSR count). The second-order valence-electron chi connectivity index (χ2n) is 4.91. The molecule has 4 nitrogen and oxygen atoms in total. The molecule has 0 atom stereocenters. The summed E-state index contributed by atoms with van der Waals surface area (Å²) in [6, 6.07) is 13.6. The minimum Gasteiger partial charge on any atom is -0.421 e. The zero-order chi connectivity index (χ0) is 16.4. The maximum absolute atomic E-state index is 12.2. The van der Waals surface area contributed by atoms with Gasteiger partial charge in [-0.25, -0.2) is 4.79 Å². The molecule has 0 spiro atoms. The third-order valence-corrected chi connectivity index (χ3v) is 3.87. The Morgan fingerprint density at radius 1 is 1.09 bits per heavy atom. The summed E-state index contributed by atoms with van der Waals surface area (Å²) >= 11 is 11.8. The van der Waals surface area contributed by atoms with Crippen molar-refractivity contribution in [3.63, 3.8) is 0 Å². The minimum atomic E-state index is -0.723. The Labute approximate surface area is 141 Å². The first-order chi connectivity index (χ1) is 11.0. The van der Waals surface area contributed by atoms with Crippen molar-refractivity contribution in [2.75, 3.05) is 0 Å². The third kappa shape index (κ3) is 3.38. The molecule has 0 aliphatic carbocycles. The molecule has 1 amide bonds. The standard InChI is InChI=1S/C17H11Cl2NO3/c18-12-6-4-10(5-7-12)9-20-16(21)13-8-11-2-1-3-14(19)15(11)23-17(13)22/h1-8H,9H2,(H,20,21). The van der Waals surface area contributed by atoms with Gasteiger partial charge in [-0.2, -0.15) is 0 Å². The summed E-state index contributed by atoms with van der Waals surface area (Å²) < 4.78 is 5.15. The molecule has 1 N–H and O–H groups in total. The molecule has 0 unspecified atom stereocenters. The smallest absolute Gasteiger partial charge is 0.349 e. The van der Waals surface area contributed by atoms with Crippen LogP contribution in [0, 0.1) is 0 Å². The molecule has 116 valence electrons. The van der Waals surface area contributed by atoms with Crippen LogP contribution in [0.3, 0.4) is 0 Å². The SMILES string of the molecule is O=C(NCc1ccc(Cl)cc1)c1cc2cccc(Cl)c2oc1=O. The average molecular weight is 348 g/mol. The molecule has 1 aromatic heterocycles. The van der Waals surface area contributed by atoms with Gasteiger partial charge in [0.05, 0.1) is 5.02 Å². The quantitative estimate of drug-likeness (QED) is 0.727. The van der Waals surface area contributed by atoms with Crippen molar-refractivity contribution in [2.45, 2.75) is 6.54 Å². The summed E-state index contributed by atoms with van der Waals surface area (Å²) in [5.41, 5.74) is 0.359. The van der Waals surface area contributed by atoms with E-state index in [1.165, 1.54) is 6.07 Å². The van der Waals surface area contributed by atoms with Crippen LogP contribution in [-0.2, 0) is 6.54 Å². The van der Waals surface area contributed by atoms with Crippen molar-refractivity contribution in [1.82, 2.24) is 5.32 Å². The summed E-state index contributed by atoms with van der Waals surface area (Å²) in [5.74, 6) is -0.504. The van der Waals surface area contributed by atoms with E-state index in [0.717, 1.165) is 5.56 Å². The van der Waals surface area contributed by atoms with Crippen LogP contribution in [-0.4, -0.2) is 5.91 Å². The molecule has 3 aromatic rings. The molecule has 0 fully saturated rings. The van der Waals surface area contributed by atoms with Gasteiger partial charge in [-0.1, -0.05) is 47.5 Å². The van der Waals surface area contributed by atoms with Crippen molar-refractivity contribution in [3.8, 4) is 0 Å². The Bertz CT molecular complexity index is 933. The van der Waals surface area contributed by atoms with E-state index in [2.05, 4.69) is 5.32 Å². The number of carbonyl (C=O) groups excluding carboxylic acids is 1. The number of amides is 1. The lowest BCUT2D eigenvalue weighted by Crippen LogP contribution is -2.27. The van der Waals surface area contributed by atoms with Crippen molar-refractivity contribution < 1.29 is 9.21 Å². The highest BCUT2D eigenvalue weighted by Crippen LogP contribution is 2.22. The predicted molar refractivity (Wildman–Crippen MR) is 90.1 cm³/mol. The third-order valence-electron chi connectivity index (χ3n) is 3.32. The Hall–Kier alpha value is -2.30. The fourth-order valence-electron chi connectivity index (χ4n) is 2.15. The average Bonchev–Trinajstić information content (AvgIpc) is 2.54. The highest BCUT2D eigenvalue weighted by molar-refractivity contribution is 6.34. The first-order valence-corrected chi connectivity index (χ1v) is 7.55. The van der Waals surface area contributed by atoms with Crippen LogP contribution < -0.4 is 10.9 Å². The molecule has 2 aromatic carbocycles. The summed E-state index contributed by atoms with van der Waals surface area (Å²) in [5, 5.41) is 4.22. The molecular formula is C17H11Cl2NO3. The molecule has 0 aliphatic heterocycles. The van der Waals surface area contributed by atoms with E-state index in [1.807, 2.05) is 0 Å². The number of halogens is 2. The summed E-state index contributed by atoms with van der Waals surface area (Å²) in [7, 11) is 0. The Morgan fingerprint density at radius 2 is 1.83 bits per heavy atom. The maximum Gasteiger partial charge on any atom is 0.349 e. The summed E-state index contributed by atoms with van der Waals surface area (Å²) in [6.45, 7) is 0.281. The van der Waals surface area contributed by atoms with Gasteiger partial charge in [0.2, 0.25) is 0 Å². The molecule has 23 heavy (non-hydrogen) atoms. The summed E-state index contributed by atoms with van der Waals surface area (Å²) in [4.78, 5) is 24.2. The molecule has 0 bridgehead atoms. The number of nitrogens with one attached hydrogen (secondary N) is 1. The van der Waals surface area contributed by atoms with Gasteiger partial charge in [0.1, 0.15) is 5.56 Å². The molecule has 1 heterocycles. The number of para-hydroxylation sites is 1. The van der Waals surface area contributed by atoms with Gasteiger partial charge >= 0.3 is 5.63 Å². The first kappa shape index (κ1) is 15.6. The van der Waals surface area contributed by atoms with Gasteiger partial charge in [-0.05, 0) is 29.8 Å². The zero-order valence-electron chi connectivity index (χ0n) is 11.8. The Kier molecular flexibility index (Phi) is 4.37. The van der Waals surface area contributed by atoms with Crippen molar-refractivity contribution in [2.24, 2.45) is 0 Å². The first-order valence-electron chi connectivity index (χ1n) is 6.79. The van der Waals surface area contributed by atoms with Crippen molar-refractivity contribution in [3.05, 3.63) is 80.1 Å². The summed E-state index contributed by atoms with van der Waals surface area (Å²) in [6.07, 6.45) is 0. The second-order valence-corrected chi connectivity index (χ2v) is 5.76. The second kappa shape index (κ2) is 6.44. The molecular weight excluding hydrogens is 337 g/mol. The molecule has 0 saturated heterocycles. The Balaban J connectivity index is 1.84. The highest BCUT2D eigenvalue weighted by atomic mass is 35.5. The fourth-order valence-corrected chi connectivity index (χ4v) is 2.49. The van der Waals surface area contributed by atoms with Gasteiger partial charge in [-0.3, -0.25) is 4.79 Å². The molecule has 0 radical (unpaired) electrons. The fraction of sp³-hybridized carbons (Fsp3) is 0.0588. The van der Waals surface area contributed by atoms with E-state index < -0.39 is 11.5 Å². The van der Waals surface area contributed by atoms with E-state index in [0.29, 0.717) is 15.4 Å². The lowest BCUT2D eigenvalue weighted by Gasteiger charge is -2.06. The lowest BCUT2D eigenvalue weighted by molar-refractivity contribution is 0.0947. The number of rotatable bonds is 3. The van der Waals surface area contributed by atoms with Crippen molar-refractivity contribution in [1.29, 1.82) is 0 Å². The van der Waals surface area contributed by atoms with E-state index in [1.54, 1.807) is 42.5 Å². The van der Waals surface area contributed by atoms with Gasteiger partial charge in [0.15, 0.2) is 5.58 Å². The van der Waals surface area contributed by atoms with Gasteiger partial charge in [0.25, 0.3) is 5.91 Å². The van der Waals surface area contributed by atoms with Crippen LogP contribution in [0.5, 0.6) is 0 Å². The Morgan fingerprint density at radius 3 is 2.57 bits per heavy atom. The number of hydrogen-bond acceptors (Lipinski definition) is 3. The highest BCUT2D eigenvalue weighted by Gasteiger charge is 2.14. The topological polar surface area (TPSA) is 59.3 Å². The molecule has 0 aliphatic rings. The number of benzene rings is 2. The maximum atomic E-state index is 12.2. The zero-order valence-corrected chi connectivity index (χ0v) is 13.3. The van der Waals surface area contributed by atoms with Crippen LogP contribution in [0.25, 0.3) is 11.0 Å². The van der Waals surface area contributed by atoms with Crippen LogP contribution in [0.4, 0.5) is 0 Å². The van der Waals surface area contributed by atoms with Crippen LogP contribution >= 0.6 is 23.2 Å². The van der Waals surface area contributed by atoms with Crippen LogP contribution in [0.1, 0.15) is 15.9 Å². The monoisotopic (exact) mass is 347 g/mol. The number of carbonyl (C=O) groups is 1. The number of hydrogen-bond donors (Lipinski definition) is 1.